The lowest BCUT2D eigenvalue weighted by Crippen LogP contribution is -2.17. The summed E-state index contributed by atoms with van der Waals surface area (Å²) in [6.45, 7) is 3.98. The van der Waals surface area contributed by atoms with Gasteiger partial charge in [0.1, 0.15) is 11.3 Å². The third-order valence-corrected chi connectivity index (χ3v) is 5.39. The van der Waals surface area contributed by atoms with Crippen molar-refractivity contribution in [2.75, 3.05) is 27.4 Å². The summed E-state index contributed by atoms with van der Waals surface area (Å²) in [5, 5.41) is 0. The van der Waals surface area contributed by atoms with E-state index in [1.807, 2.05) is 31.2 Å². The molecular formula is C22H27N3O4. The molecule has 4 rings (SSSR count). The number of hydrogen-bond donors (Lipinski definition) is 0. The van der Waals surface area contributed by atoms with Crippen molar-refractivity contribution in [1.82, 2.24) is 14.5 Å². The fourth-order valence-electron chi connectivity index (χ4n) is 3.88. The predicted molar refractivity (Wildman–Crippen MR) is 109 cm³/mol. The molecule has 0 spiro atoms. The number of benzene rings is 1. The smallest absolute Gasteiger partial charge is 0.161 e. The molecule has 154 valence electrons. The normalized spacial score (nSPS) is 19.0. The molecule has 0 N–H and O–H groups in total. The van der Waals surface area contributed by atoms with Crippen LogP contribution in [0.4, 0.5) is 0 Å². The first kappa shape index (κ1) is 19.7. The maximum absolute atomic E-state index is 6.20. The van der Waals surface area contributed by atoms with Gasteiger partial charge in [-0.2, -0.15) is 0 Å². The highest BCUT2D eigenvalue weighted by Gasteiger charge is 2.27. The van der Waals surface area contributed by atoms with Crippen LogP contribution in [0.2, 0.25) is 0 Å². The van der Waals surface area contributed by atoms with E-state index in [2.05, 4.69) is 14.5 Å². The molecule has 1 saturated heterocycles. The van der Waals surface area contributed by atoms with Crippen LogP contribution in [0.1, 0.15) is 30.3 Å². The molecule has 29 heavy (non-hydrogen) atoms. The second kappa shape index (κ2) is 8.80. The number of fused-ring (bicyclic) bond motifs is 1. The number of hydrogen-bond acceptors (Lipinski definition) is 6. The van der Waals surface area contributed by atoms with E-state index < -0.39 is 0 Å². The molecule has 1 aromatic carbocycles. The Hall–Kier alpha value is -2.64. The molecule has 7 heteroatoms. The van der Waals surface area contributed by atoms with Gasteiger partial charge in [-0.1, -0.05) is 6.07 Å². The summed E-state index contributed by atoms with van der Waals surface area (Å²) < 4.78 is 25.0. The van der Waals surface area contributed by atoms with Crippen LogP contribution >= 0.6 is 0 Å². The van der Waals surface area contributed by atoms with Gasteiger partial charge in [-0.25, -0.2) is 4.98 Å². The molecule has 0 aliphatic carbocycles. The molecule has 7 nitrogen and oxygen atoms in total. The van der Waals surface area contributed by atoms with Crippen molar-refractivity contribution in [3.63, 3.8) is 0 Å². The SMILES string of the molecule is COc1ccc(C2CCC(COCCn3c(C)nc4cnccc43)O2)cc1OC. The molecule has 2 aromatic heterocycles. The molecule has 0 saturated carbocycles. The van der Waals surface area contributed by atoms with E-state index in [0.717, 1.165) is 53.3 Å². The zero-order valence-electron chi connectivity index (χ0n) is 17.1. The zero-order chi connectivity index (χ0) is 20.2. The number of aryl methyl sites for hydroxylation is 1. The number of methoxy groups -OCH3 is 2. The number of nitrogens with zero attached hydrogens (tertiary/aromatic N) is 3. The van der Waals surface area contributed by atoms with E-state index in [1.54, 1.807) is 26.6 Å². The van der Waals surface area contributed by atoms with Crippen molar-refractivity contribution in [3.05, 3.63) is 48.0 Å². The van der Waals surface area contributed by atoms with Crippen LogP contribution in [0, 0.1) is 6.92 Å². The van der Waals surface area contributed by atoms with Crippen molar-refractivity contribution in [2.45, 2.75) is 38.5 Å². The van der Waals surface area contributed by atoms with Gasteiger partial charge < -0.3 is 23.5 Å². The lowest BCUT2D eigenvalue weighted by molar-refractivity contribution is -0.0172. The summed E-state index contributed by atoms with van der Waals surface area (Å²) in [6, 6.07) is 7.95. The van der Waals surface area contributed by atoms with E-state index in [9.17, 15) is 0 Å². The number of rotatable bonds is 8. The van der Waals surface area contributed by atoms with Gasteiger partial charge in [0, 0.05) is 12.7 Å². The Morgan fingerprint density at radius 2 is 2.00 bits per heavy atom. The summed E-state index contributed by atoms with van der Waals surface area (Å²) in [6.07, 6.45) is 5.72. The highest BCUT2D eigenvalue weighted by atomic mass is 16.5. The third-order valence-electron chi connectivity index (χ3n) is 5.39. The highest BCUT2D eigenvalue weighted by Crippen LogP contribution is 2.37. The minimum Gasteiger partial charge on any atom is -0.493 e. The molecule has 0 bridgehead atoms. The van der Waals surface area contributed by atoms with E-state index in [0.29, 0.717) is 13.2 Å². The van der Waals surface area contributed by atoms with E-state index >= 15 is 0 Å². The van der Waals surface area contributed by atoms with Crippen LogP contribution in [0.25, 0.3) is 11.0 Å². The van der Waals surface area contributed by atoms with Gasteiger partial charge in [-0.15, -0.1) is 0 Å². The number of imidazole rings is 1. The molecule has 1 aliphatic heterocycles. The van der Waals surface area contributed by atoms with Gasteiger partial charge >= 0.3 is 0 Å². The van der Waals surface area contributed by atoms with Gasteiger partial charge in [-0.3, -0.25) is 4.98 Å². The largest absolute Gasteiger partial charge is 0.493 e. The topological polar surface area (TPSA) is 67.6 Å². The summed E-state index contributed by atoms with van der Waals surface area (Å²) >= 11 is 0. The molecule has 0 radical (unpaired) electrons. The molecule has 1 aliphatic rings. The minimum absolute atomic E-state index is 0.0655. The second-order valence-electron chi connectivity index (χ2n) is 7.19. The Bertz CT molecular complexity index is 972. The lowest BCUT2D eigenvalue weighted by atomic mass is 10.1. The van der Waals surface area contributed by atoms with Crippen LogP contribution in [-0.4, -0.2) is 48.1 Å². The van der Waals surface area contributed by atoms with Gasteiger partial charge in [0.15, 0.2) is 11.5 Å². The molecule has 2 atom stereocenters. The van der Waals surface area contributed by atoms with Crippen LogP contribution in [0.15, 0.2) is 36.7 Å². The maximum Gasteiger partial charge on any atom is 0.161 e. The van der Waals surface area contributed by atoms with Crippen molar-refractivity contribution >= 4 is 11.0 Å². The van der Waals surface area contributed by atoms with Crippen LogP contribution in [0.5, 0.6) is 11.5 Å². The fourth-order valence-corrected chi connectivity index (χ4v) is 3.88. The van der Waals surface area contributed by atoms with Gasteiger partial charge in [0.05, 0.1) is 51.4 Å². The van der Waals surface area contributed by atoms with Crippen molar-refractivity contribution in [3.8, 4) is 11.5 Å². The zero-order valence-corrected chi connectivity index (χ0v) is 17.1. The minimum atomic E-state index is 0.0655. The van der Waals surface area contributed by atoms with Crippen LogP contribution in [0.3, 0.4) is 0 Å². The molecule has 3 aromatic rings. The first-order valence-electron chi connectivity index (χ1n) is 9.91. The van der Waals surface area contributed by atoms with Crippen LogP contribution in [-0.2, 0) is 16.0 Å². The predicted octanol–water partition coefficient (Wildman–Crippen LogP) is 3.69. The highest BCUT2D eigenvalue weighted by molar-refractivity contribution is 5.74. The Balaban J connectivity index is 1.28. The third kappa shape index (κ3) is 4.21. The van der Waals surface area contributed by atoms with Gasteiger partial charge in [-0.05, 0) is 43.5 Å². The first-order chi connectivity index (χ1) is 14.2. The Kier molecular flexibility index (Phi) is 5.97. The molecule has 3 heterocycles. The van der Waals surface area contributed by atoms with Crippen molar-refractivity contribution in [2.24, 2.45) is 0 Å². The van der Waals surface area contributed by atoms with Crippen molar-refractivity contribution in [1.29, 1.82) is 0 Å². The quantitative estimate of drug-likeness (QED) is 0.540. The molecule has 2 unspecified atom stereocenters. The van der Waals surface area contributed by atoms with E-state index in [-0.39, 0.29) is 12.2 Å². The number of aromatic nitrogens is 3. The average Bonchev–Trinajstić information content (AvgIpc) is 3.34. The summed E-state index contributed by atoms with van der Waals surface area (Å²) in [5.41, 5.74) is 3.12. The summed E-state index contributed by atoms with van der Waals surface area (Å²) in [4.78, 5) is 8.67. The second-order valence-corrected chi connectivity index (χ2v) is 7.19. The lowest BCUT2D eigenvalue weighted by Gasteiger charge is -2.16. The summed E-state index contributed by atoms with van der Waals surface area (Å²) in [5.74, 6) is 2.43. The Labute approximate surface area is 170 Å². The Morgan fingerprint density at radius 3 is 2.83 bits per heavy atom. The molecule has 0 amide bonds. The molecular weight excluding hydrogens is 370 g/mol. The average molecular weight is 397 g/mol. The van der Waals surface area contributed by atoms with E-state index in [1.165, 1.54) is 0 Å². The molecule has 1 fully saturated rings. The summed E-state index contributed by atoms with van der Waals surface area (Å²) in [7, 11) is 3.29. The Morgan fingerprint density at radius 1 is 1.14 bits per heavy atom. The number of pyridine rings is 1. The standard InChI is InChI=1S/C22H27N3O4/c1-15-24-18-13-23-9-8-19(18)25(15)10-11-28-14-17-5-7-20(29-17)16-4-6-21(26-2)22(12-16)27-3/h4,6,8-9,12-13,17,20H,5,7,10-11,14H2,1-3H3. The number of ether oxygens (including phenoxy) is 4. The first-order valence-corrected chi connectivity index (χ1v) is 9.91. The monoisotopic (exact) mass is 397 g/mol. The fraction of sp³-hybridized carbons (Fsp3) is 0.455. The van der Waals surface area contributed by atoms with Crippen LogP contribution < -0.4 is 9.47 Å². The van der Waals surface area contributed by atoms with Gasteiger partial charge in [0.2, 0.25) is 0 Å². The maximum atomic E-state index is 6.20. The van der Waals surface area contributed by atoms with Crippen molar-refractivity contribution < 1.29 is 18.9 Å². The van der Waals surface area contributed by atoms with E-state index in [4.69, 9.17) is 18.9 Å². The van der Waals surface area contributed by atoms with Gasteiger partial charge in [0.25, 0.3) is 0 Å².